The van der Waals surface area contributed by atoms with Crippen molar-refractivity contribution in [3.05, 3.63) is 47.2 Å². The first-order valence-corrected chi connectivity index (χ1v) is 9.84. The molecule has 0 aliphatic carbocycles. The van der Waals surface area contributed by atoms with Crippen molar-refractivity contribution in [2.24, 2.45) is 0 Å². The number of β-lactam (4-membered cyclic amide) rings is 1. The number of amides is 2. The van der Waals surface area contributed by atoms with Crippen LogP contribution >= 0.6 is 15.9 Å². The molecular weight excluding hydrogens is 428 g/mol. The zero-order valence-electron chi connectivity index (χ0n) is 13.2. The number of halogens is 1. The summed E-state index contributed by atoms with van der Waals surface area (Å²) in [4.78, 5) is 49.0. The molecule has 2 heterocycles. The Labute approximate surface area is 159 Å². The molecule has 2 amide bonds. The number of benzene rings is 1. The first-order valence-electron chi connectivity index (χ1n) is 7.50. The van der Waals surface area contributed by atoms with Crippen LogP contribution in [0, 0.1) is 0 Å². The zero-order chi connectivity index (χ0) is 19.0. The van der Waals surface area contributed by atoms with E-state index < -0.39 is 51.2 Å². The lowest BCUT2D eigenvalue weighted by Gasteiger charge is -2.47. The smallest absolute Gasteiger partial charge is 0.361 e. The number of carboxylic acid groups (broad SMARTS) is 1. The van der Waals surface area contributed by atoms with Crippen LogP contribution < -0.4 is 5.32 Å². The Kier molecular flexibility index (Phi) is 5.17. The lowest BCUT2D eigenvalue weighted by Crippen LogP contribution is -2.75. The van der Waals surface area contributed by atoms with E-state index >= 15 is 0 Å². The van der Waals surface area contributed by atoms with Crippen LogP contribution in [0.15, 0.2) is 41.6 Å². The third-order valence-corrected chi connectivity index (χ3v) is 6.17. The van der Waals surface area contributed by atoms with Crippen molar-refractivity contribution in [3.63, 3.8) is 0 Å². The molecule has 8 nitrogen and oxygen atoms in total. The first kappa shape index (κ1) is 18.6. The van der Waals surface area contributed by atoms with Crippen molar-refractivity contribution < 1.29 is 28.8 Å². The maximum Gasteiger partial charge on any atom is 0.361 e. The van der Waals surface area contributed by atoms with Gasteiger partial charge in [-0.15, -0.1) is 0 Å². The number of nitrogens with one attached hydrogen (secondary N) is 1. The number of rotatable bonds is 5. The second-order valence-electron chi connectivity index (χ2n) is 5.66. The average Bonchev–Trinajstić information content (AvgIpc) is 2.62. The number of hydrogen-bond acceptors (Lipinski definition) is 5. The van der Waals surface area contributed by atoms with Gasteiger partial charge in [0.25, 0.3) is 5.91 Å². The highest BCUT2D eigenvalue weighted by Gasteiger charge is 2.63. The van der Waals surface area contributed by atoms with Crippen LogP contribution in [0.4, 0.5) is 0 Å². The Morgan fingerprint density at radius 3 is 2.50 bits per heavy atom. The second kappa shape index (κ2) is 7.22. The van der Waals surface area contributed by atoms with Gasteiger partial charge >= 0.3 is 11.1 Å². The van der Waals surface area contributed by atoms with Crippen molar-refractivity contribution in [3.8, 4) is 0 Å². The average molecular weight is 441 g/mol. The molecule has 2 N–H and O–H groups in total. The van der Waals surface area contributed by atoms with Crippen molar-refractivity contribution in [2.45, 2.75) is 17.8 Å². The van der Waals surface area contributed by atoms with E-state index in [-0.39, 0.29) is 17.3 Å². The minimum atomic E-state index is -2.15. The number of hydrogen-bond donors (Lipinski definition) is 2. The molecule has 10 heteroatoms. The van der Waals surface area contributed by atoms with E-state index in [0.29, 0.717) is 0 Å². The molecule has 3 atom stereocenters. The lowest BCUT2D eigenvalue weighted by molar-refractivity contribution is -0.151. The normalized spacial score (nSPS) is 24.8. The maximum absolute atomic E-state index is 12.4. The topological polar surface area (TPSA) is 127 Å². The third kappa shape index (κ3) is 3.04. The minimum Gasteiger partial charge on any atom is -0.607 e. The molecule has 0 spiro atoms. The van der Waals surface area contributed by atoms with Crippen LogP contribution in [0.25, 0.3) is 0 Å². The highest BCUT2D eigenvalue weighted by molar-refractivity contribution is 9.09. The monoisotopic (exact) mass is 440 g/mol. The van der Waals surface area contributed by atoms with Crippen LogP contribution in [-0.2, 0) is 36.8 Å². The Bertz CT molecular complexity index is 827. The molecule has 0 aromatic heterocycles. The summed E-state index contributed by atoms with van der Waals surface area (Å²) in [6.45, 7) is 0. The largest absolute Gasteiger partial charge is 0.607 e. The van der Waals surface area contributed by atoms with Gasteiger partial charge in [-0.25, -0.2) is 9.59 Å². The number of nitrogens with zero attached hydrogens (tertiary/aromatic N) is 1. The molecule has 1 aromatic carbocycles. The van der Waals surface area contributed by atoms with E-state index in [1.54, 1.807) is 30.3 Å². The van der Waals surface area contributed by atoms with E-state index in [1.165, 1.54) is 0 Å². The molecular formula is C16H13BrN2O6S. The molecule has 1 fully saturated rings. The van der Waals surface area contributed by atoms with E-state index in [1.807, 2.05) is 0 Å². The summed E-state index contributed by atoms with van der Waals surface area (Å²) in [6, 6.07) is 7.61. The molecule has 1 unspecified atom stereocenters. The standard InChI is InChI=1S/C16H13BrN2O6S/c17-7-9-12(15(22)23)19-13(21)11(14(19)26(25)16(9)24)18-10(20)6-8-4-2-1-3-5-8/h1-5,11,14H,6-7H2,(H,18,20)(H,22,23)/t11-,14-,26?/m1/s1. The lowest BCUT2D eigenvalue weighted by atomic mass is 10.0. The van der Waals surface area contributed by atoms with E-state index in [2.05, 4.69) is 21.2 Å². The van der Waals surface area contributed by atoms with E-state index in [4.69, 9.17) is 0 Å². The fourth-order valence-corrected chi connectivity index (χ4v) is 5.05. The summed E-state index contributed by atoms with van der Waals surface area (Å²) >= 11 is 0.834. The highest BCUT2D eigenvalue weighted by Crippen LogP contribution is 2.37. The fraction of sp³-hybridized carbons (Fsp3) is 0.250. The maximum atomic E-state index is 12.4. The van der Waals surface area contributed by atoms with Crippen LogP contribution in [-0.4, -0.2) is 54.2 Å². The number of carbonyl (C=O) groups excluding carboxylic acids is 3. The summed E-state index contributed by atoms with van der Waals surface area (Å²) in [7, 11) is 0. The summed E-state index contributed by atoms with van der Waals surface area (Å²) < 4.78 is 12.4. The Morgan fingerprint density at radius 1 is 1.27 bits per heavy atom. The summed E-state index contributed by atoms with van der Waals surface area (Å²) in [5, 5.41) is 9.60. The third-order valence-electron chi connectivity index (χ3n) is 4.08. The molecule has 2 aliphatic rings. The molecule has 1 saturated heterocycles. The van der Waals surface area contributed by atoms with Crippen molar-refractivity contribution in [1.82, 2.24) is 10.2 Å². The van der Waals surface area contributed by atoms with Gasteiger partial charge in [0.2, 0.25) is 11.3 Å². The molecule has 2 aliphatic heterocycles. The number of fused-ring (bicyclic) bond motifs is 1. The molecule has 0 saturated carbocycles. The molecule has 3 rings (SSSR count). The predicted molar refractivity (Wildman–Crippen MR) is 94.3 cm³/mol. The molecule has 0 bridgehead atoms. The van der Waals surface area contributed by atoms with Crippen molar-refractivity contribution in [1.29, 1.82) is 0 Å². The van der Waals surface area contributed by atoms with Gasteiger partial charge in [-0.3, -0.25) is 14.5 Å². The molecule has 26 heavy (non-hydrogen) atoms. The van der Waals surface area contributed by atoms with Crippen LogP contribution in [0.2, 0.25) is 0 Å². The van der Waals surface area contributed by atoms with Gasteiger partial charge in [0.1, 0.15) is 5.70 Å². The molecule has 0 radical (unpaired) electrons. The Morgan fingerprint density at radius 2 is 1.92 bits per heavy atom. The number of aliphatic carboxylic acids is 1. The zero-order valence-corrected chi connectivity index (χ0v) is 15.6. The van der Waals surface area contributed by atoms with Crippen molar-refractivity contribution in [2.75, 3.05) is 5.33 Å². The van der Waals surface area contributed by atoms with Crippen molar-refractivity contribution >= 4 is 50.0 Å². The second-order valence-corrected chi connectivity index (χ2v) is 7.67. The van der Waals surface area contributed by atoms with Gasteiger partial charge in [-0.05, 0) is 5.56 Å². The quantitative estimate of drug-likeness (QED) is 0.374. The number of carboxylic acids is 1. The summed E-state index contributed by atoms with van der Waals surface area (Å²) in [6.07, 6.45) is 0.00615. The van der Waals surface area contributed by atoms with Crippen LogP contribution in [0.5, 0.6) is 0 Å². The van der Waals surface area contributed by atoms with E-state index in [9.17, 15) is 28.8 Å². The van der Waals surface area contributed by atoms with Crippen LogP contribution in [0.3, 0.4) is 0 Å². The minimum absolute atomic E-state index is 0.00615. The first-order chi connectivity index (χ1) is 12.4. The van der Waals surface area contributed by atoms with Gasteiger partial charge in [-0.2, -0.15) is 0 Å². The number of carbonyl (C=O) groups is 4. The Balaban J connectivity index is 1.80. The van der Waals surface area contributed by atoms with Gasteiger partial charge in [0.15, 0.2) is 6.04 Å². The number of alkyl halides is 1. The van der Waals surface area contributed by atoms with E-state index in [0.717, 1.165) is 10.5 Å². The predicted octanol–water partition coefficient (Wildman–Crippen LogP) is -0.0953. The Hall–Kier alpha value is -2.17. The highest BCUT2D eigenvalue weighted by atomic mass is 79.9. The molecule has 1 aromatic rings. The van der Waals surface area contributed by atoms with Gasteiger partial charge in [0, 0.05) is 5.33 Å². The summed E-state index contributed by atoms with van der Waals surface area (Å²) in [5.74, 6) is -2.64. The van der Waals surface area contributed by atoms with Gasteiger partial charge in [-0.1, -0.05) is 46.3 Å². The van der Waals surface area contributed by atoms with Crippen LogP contribution in [0.1, 0.15) is 5.56 Å². The fourth-order valence-electron chi connectivity index (χ4n) is 2.88. The molecule has 136 valence electrons. The SMILES string of the molecule is O=C(Cc1ccccc1)N[C@@H]1C(=O)N2C(C(=O)O)=C(CBr)C(=O)[S+]([O-])[C@H]12. The van der Waals surface area contributed by atoms with Gasteiger partial charge < -0.3 is 15.0 Å². The summed E-state index contributed by atoms with van der Waals surface area (Å²) in [5.41, 5.74) is 0.00620. The van der Waals surface area contributed by atoms with Gasteiger partial charge in [0.05, 0.1) is 23.2 Å².